The molecular weight excluding hydrogens is 833 g/mol. The Labute approximate surface area is 376 Å². The van der Waals surface area contributed by atoms with Crippen LogP contribution >= 0.6 is 0 Å². The zero-order valence-electron chi connectivity index (χ0n) is 36.8. The molecule has 14 nitrogen and oxygen atoms in total. The molecule has 0 aromatic heterocycles. The van der Waals surface area contributed by atoms with Crippen LogP contribution in [0.15, 0.2) is 133 Å². The molecule has 0 heterocycles. The molecule has 0 spiro atoms. The van der Waals surface area contributed by atoms with Crippen LogP contribution in [-0.2, 0) is 69.7 Å². The summed E-state index contributed by atoms with van der Waals surface area (Å²) in [7, 11) is 5.07. The fraction of sp³-hybridized carbons (Fsp3) is 0.216. The fourth-order valence-electron chi connectivity index (χ4n) is 7.66. The van der Waals surface area contributed by atoms with Crippen LogP contribution in [0.1, 0.15) is 47.2 Å². The Bertz CT molecular complexity index is 2340. The average Bonchev–Trinajstić information content (AvgIpc) is 3.56. The normalized spacial score (nSPS) is 11.8. The first-order valence-electron chi connectivity index (χ1n) is 20.5. The smallest absolute Gasteiger partial charge is 0.438 e. The number of hydrogen-bond donors (Lipinski definition) is 0. The first kappa shape index (κ1) is 45.0. The monoisotopic (exact) mass is 880 g/mol. The minimum Gasteiger partial charge on any atom is -0.438 e. The molecule has 0 fully saturated rings. The van der Waals surface area contributed by atoms with Gasteiger partial charge in [0.25, 0.3) is 0 Å². The number of benzene rings is 6. The Balaban J connectivity index is 1.24. The van der Waals surface area contributed by atoms with Gasteiger partial charge in [0.05, 0.1) is 28.4 Å². The highest BCUT2D eigenvalue weighted by Gasteiger charge is 2.37. The molecule has 0 amide bonds. The van der Waals surface area contributed by atoms with Crippen molar-refractivity contribution in [2.45, 2.75) is 45.7 Å². The molecule has 1 aliphatic rings. The molecule has 0 saturated carbocycles. The lowest BCUT2D eigenvalue weighted by Crippen LogP contribution is -2.18. The van der Waals surface area contributed by atoms with Gasteiger partial charge in [0.1, 0.15) is 26.4 Å². The number of ether oxygens (including phenoxy) is 8. The molecule has 14 heteroatoms. The standard InChI is InChI=1S/C51H48N2O12/c1-51(2)45-27-41(52(37-15-7-33(8-16-37)29-62-47(54)58-3)38-17-9-34(10-18-38)30-63-48(55)59-4)23-25-43(45)44-26-24-42(28-46(44)51)53(39-19-11-35(12-20-39)31-64-49(56)60-5)40-21-13-36(14-22-40)32-65-50(57)61-6/h7-28H,29-32H2,1-6H3. The van der Waals surface area contributed by atoms with E-state index >= 15 is 0 Å². The molecule has 0 bridgehead atoms. The Kier molecular flexibility index (Phi) is 13.9. The van der Waals surface area contributed by atoms with Gasteiger partial charge in [-0.2, -0.15) is 0 Å². The maximum Gasteiger partial charge on any atom is 0.508 e. The largest absolute Gasteiger partial charge is 0.508 e. The van der Waals surface area contributed by atoms with E-state index in [-0.39, 0.29) is 26.4 Å². The average molecular weight is 881 g/mol. The van der Waals surface area contributed by atoms with Crippen molar-refractivity contribution < 1.29 is 57.1 Å². The van der Waals surface area contributed by atoms with Gasteiger partial charge in [-0.1, -0.05) is 74.5 Å². The minimum absolute atomic E-state index is 0.0567. The zero-order valence-corrected chi connectivity index (χ0v) is 36.8. The quantitative estimate of drug-likeness (QED) is 0.0754. The molecule has 0 N–H and O–H groups in total. The molecule has 6 aromatic rings. The van der Waals surface area contributed by atoms with Gasteiger partial charge in [0.2, 0.25) is 0 Å². The van der Waals surface area contributed by atoms with Crippen LogP contribution in [0.2, 0.25) is 0 Å². The van der Waals surface area contributed by atoms with Crippen molar-refractivity contribution in [3.63, 3.8) is 0 Å². The number of methoxy groups -OCH3 is 4. The lowest BCUT2D eigenvalue weighted by Gasteiger charge is -2.29. The van der Waals surface area contributed by atoms with Crippen LogP contribution in [0.5, 0.6) is 0 Å². The fourth-order valence-corrected chi connectivity index (χ4v) is 7.66. The van der Waals surface area contributed by atoms with Crippen LogP contribution in [0, 0.1) is 0 Å². The van der Waals surface area contributed by atoms with Gasteiger partial charge in [0.15, 0.2) is 0 Å². The topological polar surface area (TPSA) is 149 Å². The van der Waals surface area contributed by atoms with Gasteiger partial charge in [-0.25, -0.2) is 19.2 Å². The Morgan fingerprint density at radius 3 is 0.831 bits per heavy atom. The lowest BCUT2D eigenvalue weighted by atomic mass is 9.82. The molecule has 6 aromatic carbocycles. The Morgan fingerprint density at radius 2 is 0.600 bits per heavy atom. The van der Waals surface area contributed by atoms with Crippen molar-refractivity contribution in [3.05, 3.63) is 167 Å². The third-order valence-corrected chi connectivity index (χ3v) is 11.0. The van der Waals surface area contributed by atoms with Crippen molar-refractivity contribution in [1.82, 2.24) is 0 Å². The number of hydrogen-bond acceptors (Lipinski definition) is 14. The van der Waals surface area contributed by atoms with E-state index < -0.39 is 30.0 Å². The van der Waals surface area contributed by atoms with Crippen LogP contribution in [0.25, 0.3) is 11.1 Å². The highest BCUT2D eigenvalue weighted by molar-refractivity contribution is 5.88. The Hall–Kier alpha value is -8.00. The van der Waals surface area contributed by atoms with E-state index in [1.807, 2.05) is 97.1 Å². The second-order valence-corrected chi connectivity index (χ2v) is 15.4. The van der Waals surface area contributed by atoms with E-state index in [1.54, 1.807) is 0 Å². The lowest BCUT2D eigenvalue weighted by molar-refractivity contribution is 0.0660. The highest BCUT2D eigenvalue weighted by atomic mass is 16.7. The summed E-state index contributed by atoms with van der Waals surface area (Å²) in [5.41, 5.74) is 12.5. The first-order valence-corrected chi connectivity index (χ1v) is 20.5. The summed E-state index contributed by atoms with van der Waals surface area (Å²) in [4.78, 5) is 50.9. The van der Waals surface area contributed by atoms with Crippen molar-refractivity contribution in [3.8, 4) is 11.1 Å². The molecule has 0 atom stereocenters. The van der Waals surface area contributed by atoms with Gasteiger partial charge in [-0.3, -0.25) is 0 Å². The molecule has 1 aliphatic carbocycles. The predicted octanol–water partition coefficient (Wildman–Crippen LogP) is 12.1. The molecule has 0 unspecified atom stereocenters. The van der Waals surface area contributed by atoms with Crippen molar-refractivity contribution in [2.75, 3.05) is 38.2 Å². The van der Waals surface area contributed by atoms with Gasteiger partial charge in [0, 0.05) is 39.5 Å². The van der Waals surface area contributed by atoms with E-state index in [0.29, 0.717) is 0 Å². The molecule has 0 radical (unpaired) electrons. The third-order valence-electron chi connectivity index (χ3n) is 11.0. The van der Waals surface area contributed by atoms with E-state index in [2.05, 4.69) is 79.0 Å². The van der Waals surface area contributed by atoms with Crippen molar-refractivity contribution >= 4 is 58.7 Å². The number of carbonyl (C=O) groups excluding carboxylic acids is 4. The maximum atomic E-state index is 11.7. The third kappa shape index (κ3) is 10.3. The number of carbonyl (C=O) groups is 4. The molecule has 65 heavy (non-hydrogen) atoms. The molecular formula is C51H48N2O12. The highest BCUT2D eigenvalue weighted by Crippen LogP contribution is 2.52. The van der Waals surface area contributed by atoms with E-state index in [1.165, 1.54) is 28.4 Å². The summed E-state index contributed by atoms with van der Waals surface area (Å²) in [6.45, 7) is 4.67. The molecule has 334 valence electrons. The second kappa shape index (κ2) is 20.0. The Morgan fingerprint density at radius 1 is 0.369 bits per heavy atom. The summed E-state index contributed by atoms with van der Waals surface area (Å²) in [6.07, 6.45) is -3.04. The van der Waals surface area contributed by atoms with Crippen LogP contribution in [0.3, 0.4) is 0 Å². The second-order valence-electron chi connectivity index (χ2n) is 15.4. The van der Waals surface area contributed by atoms with Gasteiger partial charge in [-0.05, 0) is 117 Å². The number of anilines is 6. The first-order chi connectivity index (χ1) is 31.4. The van der Waals surface area contributed by atoms with E-state index in [0.717, 1.165) is 78.6 Å². The van der Waals surface area contributed by atoms with Gasteiger partial charge in [-0.15, -0.1) is 0 Å². The van der Waals surface area contributed by atoms with Crippen LogP contribution in [-0.4, -0.2) is 53.1 Å². The summed E-state index contributed by atoms with van der Waals surface area (Å²) < 4.78 is 39.2. The van der Waals surface area contributed by atoms with E-state index in [9.17, 15) is 19.2 Å². The summed E-state index contributed by atoms with van der Waals surface area (Å²) in [5, 5.41) is 0. The van der Waals surface area contributed by atoms with Crippen LogP contribution in [0.4, 0.5) is 53.3 Å². The maximum absolute atomic E-state index is 11.7. The molecule has 0 saturated heterocycles. The SMILES string of the molecule is COC(=O)OCc1ccc(N(c2ccc(COC(=O)OC)cc2)c2ccc3c(c2)C(C)(C)c2cc(N(c4ccc(COC(=O)OC)cc4)c4ccc(COC(=O)OC)cc4)ccc2-3)cc1. The number of fused-ring (bicyclic) bond motifs is 3. The summed E-state index contributed by atoms with van der Waals surface area (Å²) in [6, 6.07) is 43.9. The summed E-state index contributed by atoms with van der Waals surface area (Å²) >= 11 is 0. The van der Waals surface area contributed by atoms with Crippen LogP contribution < -0.4 is 9.80 Å². The molecule has 7 rings (SSSR count). The number of nitrogens with zero attached hydrogens (tertiary/aromatic N) is 2. The summed E-state index contributed by atoms with van der Waals surface area (Å²) in [5.74, 6) is 0. The molecule has 0 aliphatic heterocycles. The minimum atomic E-state index is -0.759. The van der Waals surface area contributed by atoms with Gasteiger partial charge < -0.3 is 47.7 Å². The van der Waals surface area contributed by atoms with Crippen molar-refractivity contribution in [1.29, 1.82) is 0 Å². The van der Waals surface area contributed by atoms with Crippen molar-refractivity contribution in [2.24, 2.45) is 0 Å². The van der Waals surface area contributed by atoms with Gasteiger partial charge >= 0.3 is 24.6 Å². The number of rotatable bonds is 14. The predicted molar refractivity (Wildman–Crippen MR) is 242 cm³/mol. The zero-order chi connectivity index (χ0) is 46.1. The van der Waals surface area contributed by atoms with E-state index in [4.69, 9.17) is 18.9 Å².